The fourth-order valence-corrected chi connectivity index (χ4v) is 2.28. The normalized spacial score (nSPS) is 10.4. The van der Waals surface area contributed by atoms with Gasteiger partial charge in [0.1, 0.15) is 0 Å². The van der Waals surface area contributed by atoms with E-state index in [1.54, 1.807) is 4.68 Å². The number of aryl methyl sites for hydroxylation is 2. The number of anilines is 1. The van der Waals surface area contributed by atoms with Crippen LogP contribution in [0.15, 0.2) is 24.3 Å². The van der Waals surface area contributed by atoms with Gasteiger partial charge in [0.25, 0.3) is 5.91 Å². The van der Waals surface area contributed by atoms with Crippen LogP contribution in [0.25, 0.3) is 0 Å². The maximum Gasteiger partial charge on any atom is 0.255 e. The lowest BCUT2D eigenvalue weighted by atomic mass is 10.1. The second-order valence-electron chi connectivity index (χ2n) is 5.23. The molecule has 0 fully saturated rings. The van der Waals surface area contributed by atoms with E-state index >= 15 is 0 Å². The molecule has 2 N–H and O–H groups in total. The van der Waals surface area contributed by atoms with Crippen LogP contribution in [0.2, 0.25) is 0 Å². The molecular weight excluding hydrogens is 280 g/mol. The predicted molar refractivity (Wildman–Crippen MR) is 84.6 cm³/mol. The molecule has 0 saturated heterocycles. The Hall–Kier alpha value is -2.63. The second-order valence-corrected chi connectivity index (χ2v) is 5.23. The molecule has 2 rings (SSSR count). The predicted octanol–water partition coefficient (Wildman–Crippen LogP) is 1.93. The summed E-state index contributed by atoms with van der Waals surface area (Å²) < 4.78 is 1.70. The molecule has 6 nitrogen and oxygen atoms in total. The molecule has 1 aromatic heterocycles. The number of aromatic nitrogens is 2. The molecular formula is C16H20N4O2. The van der Waals surface area contributed by atoms with Crippen molar-refractivity contribution < 1.29 is 9.59 Å². The minimum atomic E-state index is -0.131. The number of benzene rings is 1. The standard InChI is InChI=1S/C16H20N4O2/c1-10-15(11(2)20(4)19-10)16(22)17-9-13-5-7-14(8-6-13)18-12(3)21/h5-8H,9H2,1-4H3,(H,17,22)(H,18,21). The fourth-order valence-electron chi connectivity index (χ4n) is 2.28. The van der Waals surface area contributed by atoms with Gasteiger partial charge in [-0.15, -0.1) is 0 Å². The molecule has 0 unspecified atom stereocenters. The highest BCUT2D eigenvalue weighted by Crippen LogP contribution is 2.13. The Morgan fingerprint density at radius 1 is 1.18 bits per heavy atom. The van der Waals surface area contributed by atoms with Crippen molar-refractivity contribution in [2.75, 3.05) is 5.32 Å². The van der Waals surface area contributed by atoms with Crippen molar-refractivity contribution in [2.24, 2.45) is 7.05 Å². The van der Waals surface area contributed by atoms with E-state index in [2.05, 4.69) is 15.7 Å². The molecule has 0 spiro atoms. The van der Waals surface area contributed by atoms with Gasteiger partial charge in [0, 0.05) is 31.9 Å². The van der Waals surface area contributed by atoms with Gasteiger partial charge in [0.15, 0.2) is 0 Å². The van der Waals surface area contributed by atoms with E-state index in [1.807, 2.05) is 45.2 Å². The van der Waals surface area contributed by atoms with Gasteiger partial charge in [0.2, 0.25) is 5.91 Å². The number of rotatable bonds is 4. The molecule has 0 saturated carbocycles. The highest BCUT2D eigenvalue weighted by atomic mass is 16.2. The van der Waals surface area contributed by atoms with E-state index in [4.69, 9.17) is 0 Å². The number of carbonyl (C=O) groups excluding carboxylic acids is 2. The van der Waals surface area contributed by atoms with Crippen LogP contribution in [0.5, 0.6) is 0 Å². The fraction of sp³-hybridized carbons (Fsp3) is 0.312. The SMILES string of the molecule is CC(=O)Nc1ccc(CNC(=O)c2c(C)nn(C)c2C)cc1. The molecule has 0 aliphatic heterocycles. The zero-order chi connectivity index (χ0) is 16.3. The first-order valence-corrected chi connectivity index (χ1v) is 7.03. The van der Waals surface area contributed by atoms with Crippen LogP contribution in [0.1, 0.15) is 34.2 Å². The number of nitrogens with one attached hydrogen (secondary N) is 2. The summed E-state index contributed by atoms with van der Waals surface area (Å²) in [6, 6.07) is 7.36. The van der Waals surface area contributed by atoms with Crippen molar-refractivity contribution in [2.45, 2.75) is 27.3 Å². The smallest absolute Gasteiger partial charge is 0.255 e. The molecule has 0 aliphatic rings. The largest absolute Gasteiger partial charge is 0.348 e. The molecule has 6 heteroatoms. The van der Waals surface area contributed by atoms with Gasteiger partial charge < -0.3 is 10.6 Å². The van der Waals surface area contributed by atoms with Gasteiger partial charge in [-0.25, -0.2) is 0 Å². The van der Waals surface area contributed by atoms with Crippen molar-refractivity contribution in [3.05, 3.63) is 46.8 Å². The van der Waals surface area contributed by atoms with E-state index < -0.39 is 0 Å². The van der Waals surface area contributed by atoms with E-state index in [0.717, 1.165) is 22.6 Å². The summed E-state index contributed by atoms with van der Waals surface area (Å²) in [6.45, 7) is 5.58. The van der Waals surface area contributed by atoms with Gasteiger partial charge in [0.05, 0.1) is 11.3 Å². The van der Waals surface area contributed by atoms with Gasteiger partial charge >= 0.3 is 0 Å². The number of amides is 2. The summed E-state index contributed by atoms with van der Waals surface area (Å²) in [5.41, 5.74) is 3.88. The third-order valence-corrected chi connectivity index (χ3v) is 3.46. The monoisotopic (exact) mass is 300 g/mol. The van der Waals surface area contributed by atoms with Crippen molar-refractivity contribution in [1.82, 2.24) is 15.1 Å². The highest BCUT2D eigenvalue weighted by molar-refractivity contribution is 5.96. The lowest BCUT2D eigenvalue weighted by Crippen LogP contribution is -2.24. The van der Waals surface area contributed by atoms with E-state index in [-0.39, 0.29) is 11.8 Å². The molecule has 2 aromatic rings. The Bertz CT molecular complexity index is 702. The Balaban J connectivity index is 2.00. The first kappa shape index (κ1) is 15.8. The Morgan fingerprint density at radius 2 is 1.82 bits per heavy atom. The summed E-state index contributed by atoms with van der Waals surface area (Å²) in [5, 5.41) is 9.84. The average Bonchev–Trinajstić information content (AvgIpc) is 2.70. The van der Waals surface area contributed by atoms with Gasteiger partial charge in [-0.3, -0.25) is 14.3 Å². The third-order valence-electron chi connectivity index (χ3n) is 3.46. The zero-order valence-electron chi connectivity index (χ0n) is 13.2. The van der Waals surface area contributed by atoms with Crippen molar-refractivity contribution in [3.63, 3.8) is 0 Å². The lowest BCUT2D eigenvalue weighted by molar-refractivity contribution is -0.114. The topological polar surface area (TPSA) is 76.0 Å². The highest BCUT2D eigenvalue weighted by Gasteiger charge is 2.16. The maximum absolute atomic E-state index is 12.3. The summed E-state index contributed by atoms with van der Waals surface area (Å²) in [4.78, 5) is 23.2. The van der Waals surface area contributed by atoms with Crippen LogP contribution in [0.3, 0.4) is 0 Å². The molecule has 0 radical (unpaired) electrons. The van der Waals surface area contributed by atoms with Crippen LogP contribution < -0.4 is 10.6 Å². The van der Waals surface area contributed by atoms with Crippen LogP contribution in [0.4, 0.5) is 5.69 Å². The van der Waals surface area contributed by atoms with E-state index in [0.29, 0.717) is 12.1 Å². The zero-order valence-corrected chi connectivity index (χ0v) is 13.2. The third kappa shape index (κ3) is 3.52. The van der Waals surface area contributed by atoms with E-state index in [1.165, 1.54) is 6.92 Å². The van der Waals surface area contributed by atoms with Crippen LogP contribution in [-0.2, 0) is 18.4 Å². The molecule has 1 heterocycles. The number of hydrogen-bond donors (Lipinski definition) is 2. The van der Waals surface area contributed by atoms with Crippen LogP contribution in [0, 0.1) is 13.8 Å². The summed E-state index contributed by atoms with van der Waals surface area (Å²) in [6.07, 6.45) is 0. The summed E-state index contributed by atoms with van der Waals surface area (Å²) in [7, 11) is 1.82. The lowest BCUT2D eigenvalue weighted by Gasteiger charge is -2.07. The van der Waals surface area contributed by atoms with Gasteiger partial charge in [-0.05, 0) is 31.5 Å². The molecule has 2 amide bonds. The average molecular weight is 300 g/mol. The number of carbonyl (C=O) groups is 2. The Labute approximate surface area is 129 Å². The van der Waals surface area contributed by atoms with Gasteiger partial charge in [-0.1, -0.05) is 12.1 Å². The maximum atomic E-state index is 12.3. The van der Waals surface area contributed by atoms with Gasteiger partial charge in [-0.2, -0.15) is 5.10 Å². The molecule has 0 atom stereocenters. The molecule has 1 aromatic carbocycles. The van der Waals surface area contributed by atoms with E-state index in [9.17, 15) is 9.59 Å². The van der Waals surface area contributed by atoms with Crippen LogP contribution in [-0.4, -0.2) is 21.6 Å². The van der Waals surface area contributed by atoms with Crippen LogP contribution >= 0.6 is 0 Å². The first-order valence-electron chi connectivity index (χ1n) is 7.03. The Kier molecular flexibility index (Phi) is 4.60. The number of nitrogens with zero attached hydrogens (tertiary/aromatic N) is 2. The molecule has 22 heavy (non-hydrogen) atoms. The Morgan fingerprint density at radius 3 is 2.32 bits per heavy atom. The summed E-state index contributed by atoms with van der Waals surface area (Å²) >= 11 is 0. The second kappa shape index (κ2) is 6.43. The number of hydrogen-bond acceptors (Lipinski definition) is 3. The first-order chi connectivity index (χ1) is 10.4. The van der Waals surface area contributed by atoms with Crippen molar-refractivity contribution in [1.29, 1.82) is 0 Å². The minimum absolute atomic E-state index is 0.108. The molecule has 0 aliphatic carbocycles. The van der Waals surface area contributed by atoms with Crippen molar-refractivity contribution in [3.8, 4) is 0 Å². The summed E-state index contributed by atoms with van der Waals surface area (Å²) in [5.74, 6) is -0.238. The van der Waals surface area contributed by atoms with Crippen molar-refractivity contribution >= 4 is 17.5 Å². The molecule has 0 bridgehead atoms. The molecule has 116 valence electrons. The quantitative estimate of drug-likeness (QED) is 0.906. The minimum Gasteiger partial charge on any atom is -0.348 e.